The second kappa shape index (κ2) is 15.4. The Labute approximate surface area is 133 Å². The number of hydrogen-bond acceptors (Lipinski definition) is 4. The van der Waals surface area contributed by atoms with Crippen molar-refractivity contribution in [3.8, 4) is 11.5 Å². The van der Waals surface area contributed by atoms with Crippen LogP contribution < -0.4 is 9.47 Å². The summed E-state index contributed by atoms with van der Waals surface area (Å²) in [6, 6.07) is 19.4. The zero-order chi connectivity index (χ0) is 16.5. The summed E-state index contributed by atoms with van der Waals surface area (Å²) in [5.41, 5.74) is 0. The average molecular weight is 306 g/mol. The molecule has 0 heterocycles. The normalized spacial score (nSPS) is 8.73. The Morgan fingerprint density at radius 1 is 0.545 bits per heavy atom. The molecule has 0 N–H and O–H groups in total. The minimum absolute atomic E-state index is 0.691. The molecule has 0 radical (unpaired) electrons. The quantitative estimate of drug-likeness (QED) is 0.790. The van der Waals surface area contributed by atoms with Crippen LogP contribution in [0.5, 0.6) is 11.5 Å². The molecule has 0 aliphatic carbocycles. The molecule has 0 aliphatic rings. The molecular weight excluding hydrogens is 280 g/mol. The van der Waals surface area contributed by atoms with Crippen LogP contribution in [0, 0.1) is 0 Å². The Morgan fingerprint density at radius 2 is 0.864 bits per heavy atom. The van der Waals surface area contributed by atoms with Gasteiger partial charge in [0.15, 0.2) is 0 Å². The Hall–Kier alpha value is -2.04. The van der Waals surface area contributed by atoms with Crippen molar-refractivity contribution in [3.05, 3.63) is 60.7 Å². The van der Waals surface area contributed by atoms with Gasteiger partial charge in [-0.3, -0.25) is 0 Å². The van der Waals surface area contributed by atoms with Crippen LogP contribution in [-0.2, 0) is 9.47 Å². The molecular formula is C18H26O4. The Kier molecular flexibility index (Phi) is 13.9. The van der Waals surface area contributed by atoms with Crippen LogP contribution in [0.3, 0.4) is 0 Å². The lowest BCUT2D eigenvalue weighted by molar-refractivity contribution is 0.103. The highest BCUT2D eigenvalue weighted by Gasteiger charge is 1.81. The number of hydrogen-bond donors (Lipinski definition) is 0. The Bertz CT molecular complexity index is 388. The van der Waals surface area contributed by atoms with Gasteiger partial charge in [0.05, 0.1) is 27.4 Å². The lowest BCUT2D eigenvalue weighted by Crippen LogP contribution is -1.96. The summed E-state index contributed by atoms with van der Waals surface area (Å²) < 4.78 is 19.1. The monoisotopic (exact) mass is 306 g/mol. The first-order valence-electron chi connectivity index (χ1n) is 6.94. The van der Waals surface area contributed by atoms with Crippen LogP contribution in [0.1, 0.15) is 0 Å². The zero-order valence-corrected chi connectivity index (χ0v) is 13.8. The van der Waals surface area contributed by atoms with Gasteiger partial charge in [-0.15, -0.1) is 0 Å². The van der Waals surface area contributed by atoms with E-state index in [9.17, 15) is 0 Å². The lowest BCUT2D eigenvalue weighted by atomic mass is 10.3. The highest BCUT2D eigenvalue weighted by molar-refractivity contribution is 5.21. The molecule has 122 valence electrons. The molecule has 0 bridgehead atoms. The maximum Gasteiger partial charge on any atom is 0.118 e. The van der Waals surface area contributed by atoms with Crippen molar-refractivity contribution in [2.75, 3.05) is 41.7 Å². The van der Waals surface area contributed by atoms with Gasteiger partial charge in [-0.25, -0.2) is 0 Å². The third-order valence-electron chi connectivity index (χ3n) is 2.45. The molecule has 2 aromatic rings. The highest BCUT2D eigenvalue weighted by Crippen LogP contribution is 2.06. The van der Waals surface area contributed by atoms with E-state index >= 15 is 0 Å². The maximum atomic E-state index is 4.91. The second-order valence-corrected chi connectivity index (χ2v) is 4.02. The minimum atomic E-state index is 0.691. The number of methoxy groups -OCH3 is 4. The maximum absolute atomic E-state index is 4.91. The van der Waals surface area contributed by atoms with Crippen LogP contribution in [0.15, 0.2) is 60.7 Å². The third kappa shape index (κ3) is 11.8. The molecule has 0 amide bonds. The fraction of sp³-hybridized carbons (Fsp3) is 0.333. The van der Waals surface area contributed by atoms with Gasteiger partial charge in [0.1, 0.15) is 11.5 Å². The molecule has 4 nitrogen and oxygen atoms in total. The van der Waals surface area contributed by atoms with Gasteiger partial charge in [0.2, 0.25) is 0 Å². The molecule has 0 aromatic heterocycles. The van der Waals surface area contributed by atoms with Crippen molar-refractivity contribution in [1.82, 2.24) is 0 Å². The highest BCUT2D eigenvalue weighted by atomic mass is 16.5. The van der Waals surface area contributed by atoms with Gasteiger partial charge in [-0.05, 0) is 24.3 Å². The van der Waals surface area contributed by atoms with Gasteiger partial charge < -0.3 is 18.9 Å². The standard InChI is InChI=1S/2C7H8O.C4H10O2/c2*1-8-7-5-3-2-4-6-7;1-5-3-4-6-2/h2*2-6H,1H3;3-4H2,1-2H3. The fourth-order valence-corrected chi connectivity index (χ4v) is 1.28. The summed E-state index contributed by atoms with van der Waals surface area (Å²) in [6.45, 7) is 1.38. The predicted molar refractivity (Wildman–Crippen MR) is 89.7 cm³/mol. The molecule has 0 aliphatic heterocycles. The molecule has 2 aromatic carbocycles. The number of para-hydroxylation sites is 2. The average Bonchev–Trinajstić information content (AvgIpc) is 2.62. The van der Waals surface area contributed by atoms with Crippen molar-refractivity contribution >= 4 is 0 Å². The van der Waals surface area contributed by atoms with Crippen molar-refractivity contribution in [2.24, 2.45) is 0 Å². The van der Waals surface area contributed by atoms with Gasteiger partial charge in [-0.1, -0.05) is 36.4 Å². The second-order valence-electron chi connectivity index (χ2n) is 4.02. The van der Waals surface area contributed by atoms with Crippen LogP contribution in [0.25, 0.3) is 0 Å². The lowest BCUT2D eigenvalue weighted by Gasteiger charge is -1.93. The molecule has 0 unspecified atom stereocenters. The number of rotatable bonds is 5. The summed E-state index contributed by atoms with van der Waals surface area (Å²) in [4.78, 5) is 0. The van der Waals surface area contributed by atoms with E-state index in [0.717, 1.165) is 11.5 Å². The summed E-state index contributed by atoms with van der Waals surface area (Å²) in [6.07, 6.45) is 0. The van der Waals surface area contributed by atoms with E-state index in [1.165, 1.54) is 0 Å². The zero-order valence-electron chi connectivity index (χ0n) is 13.8. The van der Waals surface area contributed by atoms with E-state index in [0.29, 0.717) is 13.2 Å². The van der Waals surface area contributed by atoms with Crippen molar-refractivity contribution < 1.29 is 18.9 Å². The minimum Gasteiger partial charge on any atom is -0.497 e. The molecule has 0 saturated carbocycles. The van der Waals surface area contributed by atoms with Gasteiger partial charge in [-0.2, -0.15) is 0 Å². The number of ether oxygens (including phenoxy) is 4. The van der Waals surface area contributed by atoms with Gasteiger partial charge in [0, 0.05) is 14.2 Å². The van der Waals surface area contributed by atoms with Crippen molar-refractivity contribution in [1.29, 1.82) is 0 Å². The van der Waals surface area contributed by atoms with Crippen LogP contribution in [-0.4, -0.2) is 41.7 Å². The SMILES string of the molecule is COCCOC.COc1ccccc1.COc1ccccc1. The van der Waals surface area contributed by atoms with Crippen molar-refractivity contribution in [2.45, 2.75) is 0 Å². The summed E-state index contributed by atoms with van der Waals surface area (Å²) >= 11 is 0. The Morgan fingerprint density at radius 3 is 1.05 bits per heavy atom. The first-order valence-corrected chi connectivity index (χ1v) is 6.94. The van der Waals surface area contributed by atoms with E-state index in [1.807, 2.05) is 60.7 Å². The van der Waals surface area contributed by atoms with E-state index in [4.69, 9.17) is 9.47 Å². The van der Waals surface area contributed by atoms with Crippen LogP contribution in [0.2, 0.25) is 0 Å². The van der Waals surface area contributed by atoms with Crippen LogP contribution in [0.4, 0.5) is 0 Å². The van der Waals surface area contributed by atoms with E-state index in [-0.39, 0.29) is 0 Å². The first-order chi connectivity index (χ1) is 10.8. The fourth-order valence-electron chi connectivity index (χ4n) is 1.28. The molecule has 4 heteroatoms. The molecule has 0 spiro atoms. The van der Waals surface area contributed by atoms with E-state index in [1.54, 1.807) is 28.4 Å². The molecule has 0 fully saturated rings. The summed E-state index contributed by atoms with van der Waals surface area (Å²) in [5, 5.41) is 0. The largest absolute Gasteiger partial charge is 0.497 e. The van der Waals surface area contributed by atoms with Crippen LogP contribution >= 0.6 is 0 Å². The van der Waals surface area contributed by atoms with Crippen molar-refractivity contribution in [3.63, 3.8) is 0 Å². The summed E-state index contributed by atoms with van der Waals surface area (Å²) in [5.74, 6) is 1.82. The summed E-state index contributed by atoms with van der Waals surface area (Å²) in [7, 11) is 6.63. The first kappa shape index (κ1) is 20.0. The smallest absolute Gasteiger partial charge is 0.118 e. The number of benzene rings is 2. The molecule has 22 heavy (non-hydrogen) atoms. The Balaban J connectivity index is 0.000000306. The third-order valence-corrected chi connectivity index (χ3v) is 2.45. The van der Waals surface area contributed by atoms with Gasteiger partial charge in [0.25, 0.3) is 0 Å². The van der Waals surface area contributed by atoms with Gasteiger partial charge >= 0.3 is 0 Å². The predicted octanol–water partition coefficient (Wildman–Crippen LogP) is 3.67. The molecule has 0 atom stereocenters. The molecule has 2 rings (SSSR count). The van der Waals surface area contributed by atoms with E-state index < -0.39 is 0 Å². The topological polar surface area (TPSA) is 36.9 Å². The molecule has 0 saturated heterocycles. The van der Waals surface area contributed by atoms with E-state index in [2.05, 4.69) is 9.47 Å².